The first-order chi connectivity index (χ1) is 20.6. The van der Waals surface area contributed by atoms with Crippen molar-refractivity contribution >= 4 is 23.9 Å². The third-order valence-corrected chi connectivity index (χ3v) is 6.94. The molecule has 0 spiro atoms. The summed E-state index contributed by atoms with van der Waals surface area (Å²) in [6.07, 6.45) is 5.06. The van der Waals surface area contributed by atoms with E-state index in [9.17, 15) is 19.2 Å². The lowest BCUT2D eigenvalue weighted by Gasteiger charge is -2.47. The molecule has 234 valence electrons. The van der Waals surface area contributed by atoms with Crippen molar-refractivity contribution in [1.29, 1.82) is 0 Å². The van der Waals surface area contributed by atoms with Gasteiger partial charge in [0.1, 0.15) is 12.7 Å². The van der Waals surface area contributed by atoms with Crippen LogP contribution in [-0.4, -0.2) is 112 Å². The van der Waals surface area contributed by atoms with E-state index in [0.717, 1.165) is 38.4 Å². The maximum absolute atomic E-state index is 12.1. The molecule has 0 saturated carbocycles. The van der Waals surface area contributed by atoms with Crippen LogP contribution in [0.2, 0.25) is 0 Å². The van der Waals surface area contributed by atoms with Crippen molar-refractivity contribution in [3.63, 3.8) is 0 Å². The molecule has 43 heavy (non-hydrogen) atoms. The second-order valence-corrected chi connectivity index (χ2v) is 10.5. The lowest BCUT2D eigenvalue weighted by molar-refractivity contribution is -0.274. The molecule has 4 rings (SSSR count). The van der Waals surface area contributed by atoms with Crippen LogP contribution in [0.5, 0.6) is 0 Å². The van der Waals surface area contributed by atoms with Gasteiger partial charge in [-0.3, -0.25) is 24.2 Å². The molecule has 1 aromatic heterocycles. The standard InChI is InChI=1S/C29H39N5O9/c1-20(35)39-17-25-26(40-21(2)36)27(41-22(3)37)28(42-23(4)38)29(43-25)34-15-14-32(19-34)11-7-10-31-12-13-33(18-31)16-24-8-5-6-9-30-24/h5-6,8-9,12-15,25-29H,7,10-11,16-19H2,1-4H3/t25-,26-,27+,28-,29-/m1/s1. The van der Waals surface area contributed by atoms with Gasteiger partial charge in [0.15, 0.2) is 24.5 Å². The van der Waals surface area contributed by atoms with Crippen LogP contribution in [0.25, 0.3) is 0 Å². The zero-order chi connectivity index (χ0) is 30.9. The molecule has 0 aromatic carbocycles. The molecule has 3 aliphatic rings. The molecule has 0 bridgehead atoms. The van der Waals surface area contributed by atoms with Crippen LogP contribution in [0.1, 0.15) is 39.8 Å². The molecule has 5 atom stereocenters. The summed E-state index contributed by atoms with van der Waals surface area (Å²) in [5, 5.41) is 0. The van der Waals surface area contributed by atoms with E-state index in [0.29, 0.717) is 6.67 Å². The molecule has 0 amide bonds. The summed E-state index contributed by atoms with van der Waals surface area (Å²) in [5.74, 6) is -2.53. The van der Waals surface area contributed by atoms with Crippen molar-refractivity contribution in [2.75, 3.05) is 33.0 Å². The molecule has 1 saturated heterocycles. The van der Waals surface area contributed by atoms with Crippen LogP contribution < -0.4 is 0 Å². The first-order valence-electron chi connectivity index (χ1n) is 14.1. The Morgan fingerprint density at radius 2 is 1.42 bits per heavy atom. The second kappa shape index (κ2) is 14.7. The fourth-order valence-corrected chi connectivity index (χ4v) is 5.21. The zero-order valence-corrected chi connectivity index (χ0v) is 24.9. The Morgan fingerprint density at radius 3 is 2.07 bits per heavy atom. The number of esters is 4. The van der Waals surface area contributed by atoms with E-state index in [2.05, 4.69) is 32.1 Å². The highest BCUT2D eigenvalue weighted by molar-refractivity contribution is 5.68. The number of nitrogens with zero attached hydrogens (tertiary/aromatic N) is 5. The molecule has 14 nitrogen and oxygen atoms in total. The minimum atomic E-state index is -1.21. The van der Waals surface area contributed by atoms with Crippen molar-refractivity contribution in [2.45, 2.75) is 71.3 Å². The minimum Gasteiger partial charge on any atom is -0.463 e. The molecule has 0 unspecified atom stereocenters. The van der Waals surface area contributed by atoms with Crippen LogP contribution in [0.15, 0.2) is 49.2 Å². The van der Waals surface area contributed by atoms with Crippen molar-refractivity contribution in [2.24, 2.45) is 0 Å². The highest BCUT2D eigenvalue weighted by Gasteiger charge is 2.54. The lowest BCUT2D eigenvalue weighted by Crippen LogP contribution is -2.65. The topological polar surface area (TPSA) is 140 Å². The zero-order valence-electron chi connectivity index (χ0n) is 24.9. The summed E-state index contributed by atoms with van der Waals surface area (Å²) in [6, 6.07) is 5.89. The van der Waals surface area contributed by atoms with E-state index in [1.54, 1.807) is 17.3 Å². The summed E-state index contributed by atoms with van der Waals surface area (Å²) < 4.78 is 28.0. The van der Waals surface area contributed by atoms with Gasteiger partial charge in [-0.05, 0) is 18.6 Å². The second-order valence-electron chi connectivity index (χ2n) is 10.5. The number of aromatic nitrogens is 1. The van der Waals surface area contributed by atoms with E-state index in [-0.39, 0.29) is 6.61 Å². The average Bonchev–Trinajstić information content (AvgIpc) is 3.59. The highest BCUT2D eigenvalue weighted by Crippen LogP contribution is 2.32. The van der Waals surface area contributed by atoms with Crippen molar-refractivity contribution in [1.82, 2.24) is 24.6 Å². The summed E-state index contributed by atoms with van der Waals surface area (Å²) in [4.78, 5) is 60.5. The normalized spacial score (nSPS) is 24.7. The minimum absolute atomic E-state index is 0.268. The van der Waals surface area contributed by atoms with E-state index in [4.69, 9.17) is 23.7 Å². The summed E-state index contributed by atoms with van der Waals surface area (Å²) in [5.41, 5.74) is 1.01. The predicted molar refractivity (Wildman–Crippen MR) is 150 cm³/mol. The quantitative estimate of drug-likeness (QED) is 0.250. The molecule has 0 radical (unpaired) electrons. The largest absolute Gasteiger partial charge is 0.463 e. The van der Waals surface area contributed by atoms with Gasteiger partial charge in [-0.25, -0.2) is 0 Å². The van der Waals surface area contributed by atoms with E-state index in [1.807, 2.05) is 24.4 Å². The average molecular weight is 602 g/mol. The molecule has 1 fully saturated rings. The first-order valence-corrected chi connectivity index (χ1v) is 14.1. The van der Waals surface area contributed by atoms with Crippen LogP contribution >= 0.6 is 0 Å². The first kappa shape index (κ1) is 31.6. The van der Waals surface area contributed by atoms with Gasteiger partial charge in [0, 0.05) is 71.8 Å². The van der Waals surface area contributed by atoms with Gasteiger partial charge < -0.3 is 43.3 Å². The van der Waals surface area contributed by atoms with Crippen molar-refractivity contribution < 1.29 is 42.9 Å². The molecule has 3 aliphatic heterocycles. The van der Waals surface area contributed by atoms with Gasteiger partial charge in [0.2, 0.25) is 0 Å². The van der Waals surface area contributed by atoms with Crippen LogP contribution in [-0.2, 0) is 49.4 Å². The molecular weight excluding hydrogens is 562 g/mol. The summed E-state index contributed by atoms with van der Waals surface area (Å²) in [7, 11) is 0. The van der Waals surface area contributed by atoms with E-state index in [1.165, 1.54) is 27.7 Å². The Morgan fingerprint density at radius 1 is 0.791 bits per heavy atom. The summed E-state index contributed by atoms with van der Waals surface area (Å²) >= 11 is 0. The molecule has 14 heteroatoms. The third kappa shape index (κ3) is 9.08. The fourth-order valence-electron chi connectivity index (χ4n) is 5.21. The number of rotatable bonds is 12. The molecule has 0 aliphatic carbocycles. The number of pyridine rings is 1. The number of hydrogen-bond acceptors (Lipinski definition) is 14. The van der Waals surface area contributed by atoms with Gasteiger partial charge in [0.25, 0.3) is 0 Å². The highest BCUT2D eigenvalue weighted by atomic mass is 16.7. The number of carbonyl (C=O) groups excluding carboxylic acids is 4. The number of carbonyl (C=O) groups is 4. The number of hydrogen-bond donors (Lipinski definition) is 0. The Hall–Kier alpha value is -4.33. The van der Waals surface area contributed by atoms with E-state index >= 15 is 0 Å². The third-order valence-electron chi connectivity index (χ3n) is 6.94. The van der Waals surface area contributed by atoms with Crippen molar-refractivity contribution in [3.05, 3.63) is 54.9 Å². The van der Waals surface area contributed by atoms with Gasteiger partial charge in [0.05, 0.1) is 25.6 Å². The maximum Gasteiger partial charge on any atom is 0.303 e. The SMILES string of the molecule is CC(=O)OC[C@H]1O[C@@H](N2C=CN(CCCN3C=CN(Cc4ccccn4)C3)C2)[C@H](OC(C)=O)[C@@H](OC(C)=O)[C@@H]1OC(C)=O. The van der Waals surface area contributed by atoms with Crippen LogP contribution in [0.4, 0.5) is 0 Å². The maximum atomic E-state index is 12.1. The Kier molecular flexibility index (Phi) is 10.8. The summed E-state index contributed by atoms with van der Waals surface area (Å²) in [6.45, 7) is 8.10. The van der Waals surface area contributed by atoms with Gasteiger partial charge in [-0.2, -0.15) is 0 Å². The predicted octanol–water partition coefficient (Wildman–Crippen LogP) is 1.15. The Balaban J connectivity index is 1.37. The van der Waals surface area contributed by atoms with Gasteiger partial charge >= 0.3 is 23.9 Å². The molecular formula is C29H39N5O9. The smallest absolute Gasteiger partial charge is 0.303 e. The fraction of sp³-hybridized carbons (Fsp3) is 0.552. The van der Waals surface area contributed by atoms with Crippen LogP contribution in [0.3, 0.4) is 0 Å². The Bertz CT molecular complexity index is 1200. The molecule has 1 aromatic rings. The molecule has 4 heterocycles. The van der Waals surface area contributed by atoms with E-state index < -0.39 is 54.5 Å². The van der Waals surface area contributed by atoms with Crippen molar-refractivity contribution in [3.8, 4) is 0 Å². The lowest BCUT2D eigenvalue weighted by atomic mass is 9.96. The van der Waals surface area contributed by atoms with Gasteiger partial charge in [-0.15, -0.1) is 0 Å². The number of ether oxygens (including phenoxy) is 5. The molecule has 0 N–H and O–H groups in total. The monoisotopic (exact) mass is 601 g/mol. The van der Waals surface area contributed by atoms with Crippen LogP contribution in [0, 0.1) is 0 Å². The van der Waals surface area contributed by atoms with Gasteiger partial charge in [-0.1, -0.05) is 6.07 Å². The Labute approximate surface area is 250 Å².